The number of carboxylic acids is 3. The van der Waals surface area contributed by atoms with Crippen molar-refractivity contribution in [3.05, 3.63) is 65.7 Å². The largest absolute Gasteiger partial charge is 0.508 e. The number of aliphatic carboxylic acids is 3. The Balaban J connectivity index is 0.000000506. The summed E-state index contributed by atoms with van der Waals surface area (Å²) in [5, 5.41) is 45.9. The maximum atomic E-state index is 11.2. The van der Waals surface area contributed by atoms with Crippen molar-refractivity contribution in [3.63, 3.8) is 0 Å². The number of aliphatic hydroxyl groups is 1. The predicted octanol–water partition coefficient (Wildman–Crippen LogP) is 0.323. The van der Waals surface area contributed by atoms with Crippen LogP contribution < -0.4 is 16.8 Å². The van der Waals surface area contributed by atoms with Crippen molar-refractivity contribution in [2.75, 3.05) is 13.1 Å². The van der Waals surface area contributed by atoms with Gasteiger partial charge in [-0.05, 0) is 56.1 Å². The van der Waals surface area contributed by atoms with Gasteiger partial charge in [-0.2, -0.15) is 0 Å². The van der Waals surface area contributed by atoms with Crippen molar-refractivity contribution >= 4 is 23.8 Å². The number of aromatic hydroxyl groups is 1. The van der Waals surface area contributed by atoms with E-state index in [2.05, 4.69) is 5.32 Å². The molecule has 2 rings (SSSR count). The topological polar surface area (TPSA) is 233 Å². The summed E-state index contributed by atoms with van der Waals surface area (Å²) in [5.41, 5.74) is 9.06. The fourth-order valence-electron chi connectivity index (χ4n) is 2.22. The highest BCUT2D eigenvalue weighted by atomic mass is 16.4. The summed E-state index contributed by atoms with van der Waals surface area (Å²) in [6.07, 6.45) is 1.14. The second-order valence-electron chi connectivity index (χ2n) is 7.24. The van der Waals surface area contributed by atoms with Crippen molar-refractivity contribution in [3.8, 4) is 5.75 Å². The van der Waals surface area contributed by atoms with Gasteiger partial charge in [0.05, 0.1) is 0 Å². The zero-order valence-corrected chi connectivity index (χ0v) is 19.1. The highest BCUT2D eigenvalue weighted by Gasteiger charge is 2.31. The molecule has 12 heteroatoms. The fraction of sp³-hybridized carbons (Fsp3) is 0.304. The maximum absolute atomic E-state index is 11.2. The lowest BCUT2D eigenvalue weighted by Crippen LogP contribution is -2.31. The maximum Gasteiger partial charge on any atom is 0.340 e. The van der Waals surface area contributed by atoms with E-state index in [9.17, 15) is 24.3 Å². The van der Waals surface area contributed by atoms with Crippen LogP contribution in [0.15, 0.2) is 54.6 Å². The third-order valence-electron chi connectivity index (χ3n) is 4.32. The average molecular weight is 494 g/mol. The second-order valence-corrected chi connectivity index (χ2v) is 7.24. The second kappa shape index (κ2) is 15.8. The van der Waals surface area contributed by atoms with Gasteiger partial charge in [0.2, 0.25) is 0 Å². The van der Waals surface area contributed by atoms with Gasteiger partial charge < -0.3 is 42.3 Å². The van der Waals surface area contributed by atoms with Crippen LogP contribution in [0.1, 0.15) is 35.7 Å². The molecular weight excluding hydrogens is 462 g/mol. The molecule has 0 spiro atoms. The van der Waals surface area contributed by atoms with Crippen LogP contribution in [0.4, 0.5) is 0 Å². The van der Waals surface area contributed by atoms with E-state index in [1.165, 1.54) is 31.2 Å². The molecule has 2 aromatic rings. The first-order valence-electron chi connectivity index (χ1n) is 10.3. The van der Waals surface area contributed by atoms with Gasteiger partial charge in [0, 0.05) is 5.56 Å². The smallest absolute Gasteiger partial charge is 0.340 e. The molecule has 0 fully saturated rings. The third kappa shape index (κ3) is 12.7. The highest BCUT2D eigenvalue weighted by Crippen LogP contribution is 2.22. The van der Waals surface area contributed by atoms with Crippen LogP contribution in [-0.2, 0) is 20.0 Å². The predicted molar refractivity (Wildman–Crippen MR) is 126 cm³/mol. The molecule has 0 bridgehead atoms. The summed E-state index contributed by atoms with van der Waals surface area (Å²) < 4.78 is 0. The minimum Gasteiger partial charge on any atom is -0.508 e. The molecule has 1 amide bonds. The molecule has 0 aliphatic rings. The summed E-state index contributed by atoms with van der Waals surface area (Å²) in [7, 11) is 0. The van der Waals surface area contributed by atoms with Crippen molar-refractivity contribution in [2.45, 2.75) is 31.4 Å². The lowest BCUT2D eigenvalue weighted by molar-refractivity contribution is -0.157. The summed E-state index contributed by atoms with van der Waals surface area (Å²) in [6.45, 7) is 1.33. The van der Waals surface area contributed by atoms with E-state index in [4.69, 9.17) is 31.9 Å². The molecule has 1 unspecified atom stereocenters. The molecule has 0 heterocycles. The Labute approximate surface area is 201 Å². The molecule has 192 valence electrons. The Morgan fingerprint density at radius 2 is 1.51 bits per heavy atom. The van der Waals surface area contributed by atoms with Gasteiger partial charge in [-0.1, -0.05) is 30.3 Å². The van der Waals surface area contributed by atoms with Crippen LogP contribution in [0.2, 0.25) is 0 Å². The number of hydrogen-bond donors (Lipinski definition) is 8. The van der Waals surface area contributed by atoms with Gasteiger partial charge >= 0.3 is 17.9 Å². The standard InChI is InChI=1S/C9H9NO3.C9H10O4.C5H12N2O2/c11-8(12)6-10-9(13)7-4-2-1-3-5-7;1-9(13,8(11)12)6-2-4-7(10)5-3-6;6-3-1-2-4(7)5(8)9/h1-5H,6H2,(H,10,13)(H,11,12);2-5,10,13H,1H3,(H,11,12);4H,1-3,6-7H2,(H,8,9)/t;;4-/m..0/s1. The molecule has 0 radical (unpaired) electrons. The Kier molecular flexibility index (Phi) is 14.0. The van der Waals surface area contributed by atoms with Gasteiger partial charge in [0.15, 0.2) is 5.60 Å². The van der Waals surface area contributed by atoms with E-state index in [1.54, 1.807) is 30.3 Å². The summed E-state index contributed by atoms with van der Waals surface area (Å²) >= 11 is 0. The number of phenolic OH excluding ortho intramolecular Hbond substituents is 1. The average Bonchev–Trinajstić information content (AvgIpc) is 2.82. The van der Waals surface area contributed by atoms with E-state index < -0.39 is 29.6 Å². The molecular formula is C23H31N3O9. The summed E-state index contributed by atoms with van der Waals surface area (Å²) in [6, 6.07) is 13.1. The number of rotatable bonds is 9. The minimum absolute atomic E-state index is 0.0324. The molecule has 10 N–H and O–H groups in total. The number of nitrogens with one attached hydrogen (secondary N) is 1. The van der Waals surface area contributed by atoms with E-state index in [1.807, 2.05) is 0 Å². The number of carbonyl (C=O) groups is 4. The highest BCUT2D eigenvalue weighted by molar-refractivity contribution is 5.95. The van der Waals surface area contributed by atoms with E-state index in [0.29, 0.717) is 24.9 Å². The van der Waals surface area contributed by atoms with Crippen LogP contribution in [-0.4, -0.2) is 68.5 Å². The van der Waals surface area contributed by atoms with Crippen LogP contribution in [0, 0.1) is 0 Å². The number of nitrogens with two attached hydrogens (primary N) is 2. The minimum atomic E-state index is -1.91. The molecule has 35 heavy (non-hydrogen) atoms. The number of amides is 1. The first kappa shape index (κ1) is 31.0. The summed E-state index contributed by atoms with van der Waals surface area (Å²) in [4.78, 5) is 41.9. The summed E-state index contributed by atoms with van der Waals surface area (Å²) in [5.74, 6) is -3.67. The molecule has 0 aliphatic heterocycles. The quantitative estimate of drug-likeness (QED) is 0.237. The molecule has 2 atom stereocenters. The normalized spacial score (nSPS) is 12.3. The van der Waals surface area contributed by atoms with Gasteiger partial charge in [-0.3, -0.25) is 14.4 Å². The first-order valence-corrected chi connectivity index (χ1v) is 10.3. The lowest BCUT2D eigenvalue weighted by Gasteiger charge is -2.17. The zero-order chi connectivity index (χ0) is 27.0. The first-order chi connectivity index (χ1) is 16.3. The van der Waals surface area contributed by atoms with Gasteiger partial charge in [0.25, 0.3) is 5.91 Å². The fourth-order valence-corrected chi connectivity index (χ4v) is 2.22. The lowest BCUT2D eigenvalue weighted by atomic mass is 9.96. The molecule has 0 saturated carbocycles. The number of benzene rings is 2. The van der Waals surface area contributed by atoms with Gasteiger partial charge in [0.1, 0.15) is 18.3 Å². The molecule has 2 aromatic carbocycles. The zero-order valence-electron chi connectivity index (χ0n) is 19.1. The van der Waals surface area contributed by atoms with Crippen molar-refractivity contribution in [1.29, 1.82) is 0 Å². The van der Waals surface area contributed by atoms with Crippen LogP contribution in [0.3, 0.4) is 0 Å². The van der Waals surface area contributed by atoms with Crippen LogP contribution >= 0.6 is 0 Å². The molecule has 12 nitrogen and oxygen atoms in total. The number of hydrogen-bond acceptors (Lipinski definition) is 8. The number of phenols is 1. The van der Waals surface area contributed by atoms with Crippen molar-refractivity contribution < 1.29 is 44.7 Å². The van der Waals surface area contributed by atoms with E-state index >= 15 is 0 Å². The SMILES string of the molecule is CC(O)(C(=O)O)c1ccc(O)cc1.NCCC[C@H](N)C(=O)O.O=C(O)CNC(=O)c1ccccc1. The van der Waals surface area contributed by atoms with Crippen LogP contribution in [0.5, 0.6) is 5.75 Å². The van der Waals surface area contributed by atoms with E-state index in [-0.39, 0.29) is 23.8 Å². The molecule has 0 aromatic heterocycles. The number of carboxylic acid groups (broad SMARTS) is 3. The monoisotopic (exact) mass is 493 g/mol. The number of carbonyl (C=O) groups excluding carboxylic acids is 1. The van der Waals surface area contributed by atoms with Crippen LogP contribution in [0.25, 0.3) is 0 Å². The van der Waals surface area contributed by atoms with Gasteiger partial charge in [-0.25, -0.2) is 4.79 Å². The Morgan fingerprint density at radius 1 is 0.971 bits per heavy atom. The van der Waals surface area contributed by atoms with Crippen molar-refractivity contribution in [1.82, 2.24) is 5.32 Å². The molecule has 0 aliphatic carbocycles. The molecule has 0 saturated heterocycles. The Morgan fingerprint density at radius 3 is 1.94 bits per heavy atom. The van der Waals surface area contributed by atoms with Crippen molar-refractivity contribution in [2.24, 2.45) is 11.5 Å². The Bertz CT molecular complexity index is 948. The third-order valence-corrected chi connectivity index (χ3v) is 4.32. The van der Waals surface area contributed by atoms with E-state index in [0.717, 1.165) is 0 Å². The van der Waals surface area contributed by atoms with Gasteiger partial charge in [-0.15, -0.1) is 0 Å². The Hall–Kier alpha value is -4.00.